The van der Waals surface area contributed by atoms with Crippen molar-refractivity contribution in [1.82, 2.24) is 23.7 Å². The first-order valence-electron chi connectivity index (χ1n) is 19.3. The van der Waals surface area contributed by atoms with Gasteiger partial charge < -0.3 is 9.13 Å². The van der Waals surface area contributed by atoms with Crippen molar-refractivity contribution >= 4 is 65.4 Å². The third-order valence-electron chi connectivity index (χ3n) is 11.5. The summed E-state index contributed by atoms with van der Waals surface area (Å²) in [7, 11) is 0. The van der Waals surface area contributed by atoms with Gasteiger partial charge in [-0.05, 0) is 60.7 Å². The molecule has 4 heterocycles. The van der Waals surface area contributed by atoms with Gasteiger partial charge in [0, 0.05) is 54.8 Å². The number of aromatic nitrogens is 5. The standard InChI is InChI=1S/C52H33N5/c1-3-16-34(17-4-1)42-33-43(35-18-5-2-6-19-35)54-52(53-42)57-47-29-14-10-25-41(47)51-49(57)31-30-48-50(51)40-24-9-13-28-46(40)56(48)37-21-15-20-36(32-37)55-44-26-11-7-22-38(44)39-23-8-12-27-45(39)55/h1-33H. The molecule has 0 aliphatic rings. The second-order valence-electron chi connectivity index (χ2n) is 14.6. The molecule has 57 heavy (non-hydrogen) atoms. The van der Waals surface area contributed by atoms with Crippen LogP contribution in [0.5, 0.6) is 0 Å². The Bertz CT molecular complexity index is 3410. The molecule has 0 bridgehead atoms. The molecule has 0 unspecified atom stereocenters. The van der Waals surface area contributed by atoms with Gasteiger partial charge in [-0.2, -0.15) is 0 Å². The van der Waals surface area contributed by atoms with E-state index < -0.39 is 0 Å². The van der Waals surface area contributed by atoms with E-state index in [9.17, 15) is 0 Å². The van der Waals surface area contributed by atoms with Gasteiger partial charge in [0.25, 0.3) is 0 Å². The lowest BCUT2D eigenvalue weighted by atomic mass is 10.1. The summed E-state index contributed by atoms with van der Waals surface area (Å²) in [5.74, 6) is 0.642. The maximum atomic E-state index is 5.29. The summed E-state index contributed by atoms with van der Waals surface area (Å²) < 4.78 is 7.06. The fourth-order valence-corrected chi connectivity index (χ4v) is 9.03. The van der Waals surface area contributed by atoms with Crippen LogP contribution in [0.1, 0.15) is 0 Å². The number of hydrogen-bond donors (Lipinski definition) is 0. The molecule has 12 aromatic rings. The monoisotopic (exact) mass is 727 g/mol. The Hall–Kier alpha value is -7.76. The maximum absolute atomic E-state index is 5.29. The largest absolute Gasteiger partial charge is 0.309 e. The van der Waals surface area contributed by atoms with Crippen LogP contribution >= 0.6 is 0 Å². The molecule has 0 atom stereocenters. The average Bonchev–Trinajstić information content (AvgIpc) is 3.93. The summed E-state index contributed by atoms with van der Waals surface area (Å²) in [6, 6.07) is 71.2. The lowest BCUT2D eigenvalue weighted by Crippen LogP contribution is -2.04. The van der Waals surface area contributed by atoms with Gasteiger partial charge in [-0.3, -0.25) is 4.57 Å². The summed E-state index contributed by atoms with van der Waals surface area (Å²) in [6.45, 7) is 0. The Labute approximate surface area is 328 Å². The molecular formula is C52H33N5. The quantitative estimate of drug-likeness (QED) is 0.177. The molecule has 0 radical (unpaired) electrons. The molecule has 0 amide bonds. The van der Waals surface area contributed by atoms with Crippen molar-refractivity contribution in [3.63, 3.8) is 0 Å². The van der Waals surface area contributed by atoms with Crippen LogP contribution in [0.3, 0.4) is 0 Å². The smallest absolute Gasteiger partial charge is 0.235 e. The highest BCUT2D eigenvalue weighted by Crippen LogP contribution is 2.43. The highest BCUT2D eigenvalue weighted by molar-refractivity contribution is 6.28. The fraction of sp³-hybridized carbons (Fsp3) is 0. The van der Waals surface area contributed by atoms with Crippen LogP contribution in [0.2, 0.25) is 0 Å². The van der Waals surface area contributed by atoms with Gasteiger partial charge in [0.2, 0.25) is 5.95 Å². The predicted octanol–water partition coefficient (Wildman–Crippen LogP) is 13.1. The summed E-state index contributed by atoms with van der Waals surface area (Å²) in [5.41, 5.74) is 12.9. The average molecular weight is 728 g/mol. The number of hydrogen-bond acceptors (Lipinski definition) is 2. The zero-order valence-electron chi connectivity index (χ0n) is 30.8. The van der Waals surface area contributed by atoms with Crippen molar-refractivity contribution in [1.29, 1.82) is 0 Å². The molecule has 4 aromatic heterocycles. The summed E-state index contributed by atoms with van der Waals surface area (Å²) in [4.78, 5) is 10.6. The molecule has 0 aliphatic heterocycles. The zero-order chi connectivity index (χ0) is 37.5. The number of para-hydroxylation sites is 4. The van der Waals surface area contributed by atoms with E-state index in [1.165, 1.54) is 38.0 Å². The van der Waals surface area contributed by atoms with Crippen LogP contribution in [0, 0.1) is 0 Å². The molecule has 5 nitrogen and oxygen atoms in total. The summed E-state index contributed by atoms with van der Waals surface area (Å²) >= 11 is 0. The van der Waals surface area contributed by atoms with E-state index in [1.807, 2.05) is 12.1 Å². The van der Waals surface area contributed by atoms with Crippen molar-refractivity contribution in [3.05, 3.63) is 200 Å². The van der Waals surface area contributed by atoms with Crippen molar-refractivity contribution in [2.75, 3.05) is 0 Å². The zero-order valence-corrected chi connectivity index (χ0v) is 30.8. The Morgan fingerprint density at radius 1 is 0.281 bits per heavy atom. The first-order chi connectivity index (χ1) is 28.3. The summed E-state index contributed by atoms with van der Waals surface area (Å²) in [5, 5.41) is 7.27. The van der Waals surface area contributed by atoms with Gasteiger partial charge in [-0.1, -0.05) is 140 Å². The van der Waals surface area contributed by atoms with Crippen LogP contribution in [0.15, 0.2) is 200 Å². The molecule has 5 heteroatoms. The highest BCUT2D eigenvalue weighted by Gasteiger charge is 2.22. The van der Waals surface area contributed by atoms with E-state index in [-0.39, 0.29) is 0 Å². The van der Waals surface area contributed by atoms with Crippen LogP contribution < -0.4 is 0 Å². The van der Waals surface area contributed by atoms with E-state index in [0.29, 0.717) is 5.95 Å². The second kappa shape index (κ2) is 12.4. The third kappa shape index (κ3) is 4.76. The predicted molar refractivity (Wildman–Crippen MR) is 236 cm³/mol. The first kappa shape index (κ1) is 31.6. The maximum Gasteiger partial charge on any atom is 0.235 e. The van der Waals surface area contributed by atoms with Gasteiger partial charge >= 0.3 is 0 Å². The Kier molecular flexibility index (Phi) is 6.86. The number of fused-ring (bicyclic) bond motifs is 10. The minimum atomic E-state index is 0.642. The molecule has 12 rings (SSSR count). The third-order valence-corrected chi connectivity index (χ3v) is 11.5. The number of nitrogens with zero attached hydrogens (tertiary/aromatic N) is 5. The Morgan fingerprint density at radius 2 is 0.667 bits per heavy atom. The van der Waals surface area contributed by atoms with Crippen LogP contribution in [0.25, 0.3) is 105 Å². The molecule has 0 fully saturated rings. The van der Waals surface area contributed by atoms with Gasteiger partial charge in [0.15, 0.2) is 0 Å². The lowest BCUT2D eigenvalue weighted by molar-refractivity contribution is 0.996. The van der Waals surface area contributed by atoms with E-state index in [0.717, 1.165) is 61.3 Å². The highest BCUT2D eigenvalue weighted by atomic mass is 15.2. The number of benzene rings is 8. The van der Waals surface area contributed by atoms with E-state index in [2.05, 4.69) is 202 Å². The van der Waals surface area contributed by atoms with Crippen LogP contribution in [0.4, 0.5) is 0 Å². The molecule has 0 aliphatic carbocycles. The molecule has 0 saturated carbocycles. The van der Waals surface area contributed by atoms with Gasteiger partial charge in [-0.15, -0.1) is 0 Å². The molecule has 0 spiro atoms. The molecule has 0 saturated heterocycles. The minimum absolute atomic E-state index is 0.642. The molecule has 0 N–H and O–H groups in total. The van der Waals surface area contributed by atoms with Crippen molar-refractivity contribution in [2.24, 2.45) is 0 Å². The lowest BCUT2D eigenvalue weighted by Gasteiger charge is -2.13. The molecule has 8 aromatic carbocycles. The Balaban J connectivity index is 1.13. The van der Waals surface area contributed by atoms with Crippen molar-refractivity contribution in [2.45, 2.75) is 0 Å². The van der Waals surface area contributed by atoms with E-state index in [4.69, 9.17) is 9.97 Å². The summed E-state index contributed by atoms with van der Waals surface area (Å²) in [6.07, 6.45) is 0. The normalized spacial score (nSPS) is 11.9. The topological polar surface area (TPSA) is 40.6 Å². The number of rotatable bonds is 5. The minimum Gasteiger partial charge on any atom is -0.309 e. The van der Waals surface area contributed by atoms with Crippen molar-refractivity contribution in [3.8, 4) is 39.8 Å². The first-order valence-corrected chi connectivity index (χ1v) is 19.3. The second-order valence-corrected chi connectivity index (χ2v) is 14.6. The SMILES string of the molecule is c1ccc(-c2cc(-c3ccccc3)nc(-n3c4ccccc4c4c5c6ccccc6n(-c6cccc(-n7c8ccccc8c8ccccc87)c6)c5ccc43)n2)cc1. The van der Waals surface area contributed by atoms with Crippen molar-refractivity contribution < 1.29 is 0 Å². The fourth-order valence-electron chi connectivity index (χ4n) is 9.03. The van der Waals surface area contributed by atoms with Gasteiger partial charge in [0.1, 0.15) is 0 Å². The van der Waals surface area contributed by atoms with Crippen LogP contribution in [-0.2, 0) is 0 Å². The Morgan fingerprint density at radius 3 is 1.18 bits per heavy atom. The molecule has 266 valence electrons. The van der Waals surface area contributed by atoms with Gasteiger partial charge in [0.05, 0.1) is 44.5 Å². The molecular weight excluding hydrogens is 695 g/mol. The van der Waals surface area contributed by atoms with Gasteiger partial charge in [-0.25, -0.2) is 9.97 Å². The van der Waals surface area contributed by atoms with Crippen LogP contribution in [-0.4, -0.2) is 23.7 Å². The van der Waals surface area contributed by atoms with E-state index >= 15 is 0 Å². The van der Waals surface area contributed by atoms with E-state index in [1.54, 1.807) is 0 Å².